The number of aliphatic hydroxyl groups is 1. The van der Waals surface area contributed by atoms with Crippen LogP contribution >= 0.6 is 7.82 Å². The first kappa shape index (κ1) is 26.5. The van der Waals surface area contributed by atoms with Crippen molar-refractivity contribution in [3.05, 3.63) is 0 Å². The van der Waals surface area contributed by atoms with Gasteiger partial charge < -0.3 is 20.0 Å². The number of aliphatic carboxylic acids is 1. The number of hydrogen-bond acceptors (Lipinski definition) is 4. The summed E-state index contributed by atoms with van der Waals surface area (Å²) in [6, 6.07) is 0. The van der Waals surface area contributed by atoms with Crippen LogP contribution in [0.15, 0.2) is 0 Å². The summed E-state index contributed by atoms with van der Waals surface area (Å²) in [5, 5.41) is 20.2. The third-order valence-corrected chi connectivity index (χ3v) is 11.1. The van der Waals surface area contributed by atoms with Crippen LogP contribution in [-0.2, 0) is 13.9 Å². The van der Waals surface area contributed by atoms with Crippen LogP contribution in [0.2, 0.25) is 0 Å². The van der Waals surface area contributed by atoms with Crippen LogP contribution < -0.4 is 0 Å². The zero-order valence-electron chi connectivity index (χ0n) is 20.3. The van der Waals surface area contributed by atoms with Crippen LogP contribution in [0, 0.1) is 46.3 Å². The van der Waals surface area contributed by atoms with E-state index in [1.54, 1.807) is 0 Å². The van der Waals surface area contributed by atoms with E-state index >= 15 is 8.78 Å². The van der Waals surface area contributed by atoms with E-state index in [1.165, 1.54) is 0 Å². The first-order valence-electron chi connectivity index (χ1n) is 12.6. The Hall–Kier alpha value is -0.600. The van der Waals surface area contributed by atoms with E-state index in [0.717, 1.165) is 19.3 Å². The number of carboxylic acids is 1. The molecule has 0 bridgehead atoms. The molecule has 0 aromatic carbocycles. The molecule has 34 heavy (non-hydrogen) atoms. The average Bonchev–Trinajstić information content (AvgIpc) is 3.03. The van der Waals surface area contributed by atoms with Gasteiger partial charge in [-0.15, -0.1) is 0 Å². The Morgan fingerprint density at radius 3 is 2.32 bits per heavy atom. The minimum Gasteiger partial charge on any atom is -0.481 e. The van der Waals surface area contributed by atoms with Gasteiger partial charge in [0.2, 0.25) is 11.7 Å². The second kappa shape index (κ2) is 8.47. The Balaban J connectivity index is 1.58. The highest BCUT2D eigenvalue weighted by atomic mass is 31.2. The van der Waals surface area contributed by atoms with Crippen LogP contribution in [0.25, 0.3) is 0 Å². The number of phosphoric ester groups is 1. The zero-order chi connectivity index (χ0) is 25.3. The van der Waals surface area contributed by atoms with Gasteiger partial charge in [-0.1, -0.05) is 20.8 Å². The lowest BCUT2D eigenvalue weighted by molar-refractivity contribution is -0.283. The quantitative estimate of drug-likeness (QED) is 0.364. The molecule has 0 amide bonds. The summed E-state index contributed by atoms with van der Waals surface area (Å²) in [5.41, 5.74) is -0.643. The number of rotatable bonds is 6. The Labute approximate surface area is 199 Å². The Morgan fingerprint density at radius 1 is 1.06 bits per heavy atom. The number of carboxylic acid groups (broad SMARTS) is 1. The van der Waals surface area contributed by atoms with Crippen LogP contribution in [0.4, 0.5) is 8.78 Å². The molecular weight excluding hydrogens is 469 g/mol. The smallest absolute Gasteiger partial charge is 0.472 e. The van der Waals surface area contributed by atoms with Crippen molar-refractivity contribution in [2.45, 2.75) is 96.7 Å². The predicted molar refractivity (Wildman–Crippen MR) is 120 cm³/mol. The molecule has 10 atom stereocenters. The maximum Gasteiger partial charge on any atom is 0.472 e. The lowest BCUT2D eigenvalue weighted by atomic mass is 9.43. The molecule has 4 rings (SSSR count). The highest BCUT2D eigenvalue weighted by molar-refractivity contribution is 7.46. The first-order valence-corrected chi connectivity index (χ1v) is 14.1. The van der Waals surface area contributed by atoms with Gasteiger partial charge >= 0.3 is 13.8 Å². The van der Waals surface area contributed by atoms with Gasteiger partial charge in [0.25, 0.3) is 0 Å². The van der Waals surface area contributed by atoms with Gasteiger partial charge in [0.1, 0.15) is 0 Å². The van der Waals surface area contributed by atoms with Gasteiger partial charge in [0.15, 0.2) is 0 Å². The van der Waals surface area contributed by atoms with Crippen molar-refractivity contribution in [1.82, 2.24) is 0 Å². The molecule has 7 nitrogen and oxygen atoms in total. The molecule has 0 saturated heterocycles. The third kappa shape index (κ3) is 4.49. The van der Waals surface area contributed by atoms with E-state index in [2.05, 4.69) is 18.4 Å². The molecule has 4 aliphatic rings. The normalized spacial score (nSPS) is 49.6. The maximum absolute atomic E-state index is 16.1. The fraction of sp³-hybridized carbons (Fsp3) is 0.958. The van der Waals surface area contributed by atoms with Crippen molar-refractivity contribution < 1.29 is 42.7 Å². The number of halogens is 2. The summed E-state index contributed by atoms with van der Waals surface area (Å²) in [7, 11) is -5.05. The van der Waals surface area contributed by atoms with Crippen molar-refractivity contribution in [2.24, 2.45) is 46.3 Å². The number of hydrogen-bond donors (Lipinski definition) is 4. The maximum atomic E-state index is 16.1. The molecule has 0 aromatic rings. The van der Waals surface area contributed by atoms with Crippen LogP contribution in [-0.4, -0.2) is 37.7 Å². The van der Waals surface area contributed by atoms with Crippen molar-refractivity contribution in [1.29, 1.82) is 0 Å². The summed E-state index contributed by atoms with van der Waals surface area (Å²) >= 11 is 0. The number of fused-ring (bicyclic) bond motifs is 5. The highest BCUT2D eigenvalue weighted by Gasteiger charge is 2.68. The summed E-state index contributed by atoms with van der Waals surface area (Å²) in [6.45, 7) is 6.27. The third-order valence-electron chi connectivity index (χ3n) is 10.5. The molecule has 10 unspecified atom stereocenters. The molecule has 4 aliphatic carbocycles. The van der Waals surface area contributed by atoms with Crippen LogP contribution in [0.3, 0.4) is 0 Å². The topological polar surface area (TPSA) is 124 Å². The SMILES string of the molecule is CC(CCC(=O)O)C1CCC2C3C(CCC12C)C1(C)CCC(F)(OP(=O)(O)O)CC1CC3(O)F. The second-order valence-corrected chi connectivity index (χ2v) is 13.4. The molecule has 4 saturated carbocycles. The summed E-state index contributed by atoms with van der Waals surface area (Å²) in [4.78, 5) is 29.4. The van der Waals surface area contributed by atoms with E-state index in [1.807, 2.05) is 6.92 Å². The zero-order valence-corrected chi connectivity index (χ0v) is 21.1. The van der Waals surface area contributed by atoms with Crippen LogP contribution in [0.5, 0.6) is 0 Å². The number of alkyl halides is 2. The molecule has 4 N–H and O–H groups in total. The molecule has 10 heteroatoms. The van der Waals surface area contributed by atoms with Crippen molar-refractivity contribution in [3.63, 3.8) is 0 Å². The van der Waals surface area contributed by atoms with Crippen molar-refractivity contribution in [2.75, 3.05) is 0 Å². The monoisotopic (exact) mass is 508 g/mol. The average molecular weight is 509 g/mol. The fourth-order valence-corrected chi connectivity index (χ4v) is 9.55. The van der Waals surface area contributed by atoms with E-state index < -0.39 is 42.8 Å². The van der Waals surface area contributed by atoms with Gasteiger partial charge in [-0.2, -0.15) is 0 Å². The second-order valence-electron chi connectivity index (χ2n) is 12.3. The van der Waals surface area contributed by atoms with Crippen molar-refractivity contribution >= 4 is 13.8 Å². The minimum atomic E-state index is -5.05. The van der Waals surface area contributed by atoms with E-state index in [-0.39, 0.29) is 54.8 Å². The lowest BCUT2D eigenvalue weighted by Crippen LogP contribution is -2.63. The minimum absolute atomic E-state index is 0.0419. The first-order chi connectivity index (χ1) is 15.5. The van der Waals surface area contributed by atoms with Crippen molar-refractivity contribution in [3.8, 4) is 0 Å². The van der Waals surface area contributed by atoms with E-state index in [0.29, 0.717) is 19.3 Å². The molecule has 0 heterocycles. The molecule has 0 spiro atoms. The molecule has 0 aromatic heterocycles. The molecule has 0 radical (unpaired) electrons. The molecular formula is C24H39F2O7P. The van der Waals surface area contributed by atoms with Gasteiger partial charge in [-0.3, -0.25) is 4.79 Å². The van der Waals surface area contributed by atoms with Gasteiger partial charge in [-0.05, 0) is 78.9 Å². The standard InChI is InChI=1S/C24H39F2O7P/c1-14(4-7-19(27)28)16-5-6-17-20-18(8-9-22(16,17)3)21(2)10-11-23(25,33-34(30,31)32)12-15(21)13-24(20,26)29/h14-18,20,29H,4-13H2,1-3H3,(H,27,28)(H2,30,31,32). The van der Waals surface area contributed by atoms with Gasteiger partial charge in [-0.25, -0.2) is 17.9 Å². The van der Waals surface area contributed by atoms with E-state index in [9.17, 15) is 14.5 Å². The number of phosphoric acid groups is 1. The van der Waals surface area contributed by atoms with Gasteiger partial charge in [0, 0.05) is 31.6 Å². The van der Waals surface area contributed by atoms with Gasteiger partial charge in [0.05, 0.1) is 0 Å². The molecule has 0 aliphatic heterocycles. The largest absolute Gasteiger partial charge is 0.481 e. The summed E-state index contributed by atoms with van der Waals surface area (Å²) in [5.74, 6) is -6.78. The Kier molecular flexibility index (Phi) is 6.60. The summed E-state index contributed by atoms with van der Waals surface area (Å²) in [6.07, 6.45) is 3.41. The predicted octanol–water partition coefficient (Wildman–Crippen LogP) is 5.19. The molecule has 4 fully saturated rings. The molecule has 196 valence electrons. The number of carbonyl (C=O) groups is 1. The lowest BCUT2D eigenvalue weighted by Gasteiger charge is -2.64. The fourth-order valence-electron chi connectivity index (χ4n) is 8.96. The summed E-state index contributed by atoms with van der Waals surface area (Å²) < 4.78 is 47.1. The highest BCUT2D eigenvalue weighted by Crippen LogP contribution is 2.71. The Morgan fingerprint density at radius 2 is 1.71 bits per heavy atom. The van der Waals surface area contributed by atoms with E-state index in [4.69, 9.17) is 14.9 Å². The van der Waals surface area contributed by atoms with Crippen LogP contribution in [0.1, 0.15) is 85.0 Å². The Bertz CT molecular complexity index is 864.